The number of ether oxygens (including phenoxy) is 3. The van der Waals surface area contributed by atoms with E-state index in [-0.39, 0.29) is 17.9 Å². The molecule has 2 rings (SSSR count). The Balaban J connectivity index is 1.66. The normalized spacial score (nSPS) is 23.4. The van der Waals surface area contributed by atoms with Crippen molar-refractivity contribution >= 4 is 5.97 Å². The van der Waals surface area contributed by atoms with E-state index in [1.165, 1.54) is 25.7 Å². The third-order valence-corrected chi connectivity index (χ3v) is 8.18. The average molecular weight is 483 g/mol. The van der Waals surface area contributed by atoms with Crippen LogP contribution in [0.2, 0.25) is 0 Å². The summed E-state index contributed by atoms with van der Waals surface area (Å²) in [7, 11) is 0. The second kappa shape index (κ2) is 16.9. The molecule has 1 aliphatic heterocycles. The van der Waals surface area contributed by atoms with Crippen LogP contribution in [0.4, 0.5) is 0 Å². The van der Waals surface area contributed by atoms with Gasteiger partial charge >= 0.3 is 5.97 Å². The van der Waals surface area contributed by atoms with Gasteiger partial charge in [0.05, 0.1) is 25.9 Å². The summed E-state index contributed by atoms with van der Waals surface area (Å²) in [6.07, 6.45) is 17.9. The van der Waals surface area contributed by atoms with E-state index in [1.807, 2.05) is 0 Å². The smallest absolute Gasteiger partial charge is 0.305 e. The molecule has 0 radical (unpaired) electrons. The van der Waals surface area contributed by atoms with Gasteiger partial charge < -0.3 is 19.3 Å². The summed E-state index contributed by atoms with van der Waals surface area (Å²) in [4.78, 5) is 11.9. The average Bonchev–Trinajstić information content (AvgIpc) is 3.45. The van der Waals surface area contributed by atoms with Crippen molar-refractivity contribution in [2.24, 2.45) is 17.8 Å². The highest BCUT2D eigenvalue weighted by molar-refractivity contribution is 5.69. The molecule has 0 aromatic heterocycles. The van der Waals surface area contributed by atoms with E-state index in [0.29, 0.717) is 44.0 Å². The van der Waals surface area contributed by atoms with Crippen molar-refractivity contribution < 1.29 is 24.1 Å². The summed E-state index contributed by atoms with van der Waals surface area (Å²) in [5.41, 5.74) is 0. The van der Waals surface area contributed by atoms with Crippen molar-refractivity contribution in [1.29, 1.82) is 0 Å². The third-order valence-electron chi connectivity index (χ3n) is 8.18. The lowest BCUT2D eigenvalue weighted by molar-refractivity contribution is -0.188. The fourth-order valence-corrected chi connectivity index (χ4v) is 5.92. The lowest BCUT2D eigenvalue weighted by Crippen LogP contribution is -2.37. The Morgan fingerprint density at radius 3 is 2.38 bits per heavy atom. The highest BCUT2D eigenvalue weighted by Crippen LogP contribution is 2.50. The summed E-state index contributed by atoms with van der Waals surface area (Å²) in [5, 5.41) is 10.7. The first-order valence-corrected chi connectivity index (χ1v) is 14.6. The Morgan fingerprint density at radius 1 is 0.941 bits per heavy atom. The highest BCUT2D eigenvalue weighted by Gasteiger charge is 2.51. The first-order valence-electron chi connectivity index (χ1n) is 14.6. The predicted octanol–water partition coefficient (Wildman–Crippen LogP) is 7.19. The maximum absolute atomic E-state index is 11.9. The maximum atomic E-state index is 11.9. The lowest BCUT2D eigenvalue weighted by atomic mass is 9.83. The van der Waals surface area contributed by atoms with E-state index in [1.54, 1.807) is 0 Å². The Hall–Kier alpha value is -0.650. The van der Waals surface area contributed by atoms with Crippen LogP contribution in [-0.4, -0.2) is 42.8 Å². The zero-order valence-electron chi connectivity index (χ0n) is 22.5. The van der Waals surface area contributed by atoms with Gasteiger partial charge in [0.25, 0.3) is 0 Å². The van der Waals surface area contributed by atoms with E-state index in [9.17, 15) is 9.90 Å². The van der Waals surface area contributed by atoms with Crippen LogP contribution in [0.15, 0.2) is 0 Å². The number of carbonyl (C=O) groups is 1. The van der Waals surface area contributed by atoms with Crippen LogP contribution in [0, 0.1) is 17.8 Å². The lowest BCUT2D eigenvalue weighted by Gasteiger charge is -2.33. The van der Waals surface area contributed by atoms with E-state index in [0.717, 1.165) is 77.0 Å². The Morgan fingerprint density at radius 2 is 1.65 bits per heavy atom. The van der Waals surface area contributed by atoms with Crippen molar-refractivity contribution in [2.75, 3.05) is 19.8 Å². The van der Waals surface area contributed by atoms with Crippen LogP contribution in [0.25, 0.3) is 0 Å². The minimum absolute atomic E-state index is 0.0363. The molecule has 2 aliphatic rings. The topological polar surface area (TPSA) is 65.0 Å². The summed E-state index contributed by atoms with van der Waals surface area (Å²) in [6.45, 7) is 8.59. The molecule has 0 bridgehead atoms. The molecule has 0 aromatic rings. The van der Waals surface area contributed by atoms with Gasteiger partial charge in [-0.3, -0.25) is 4.79 Å². The third kappa shape index (κ3) is 10.1. The molecule has 1 N–H and O–H groups in total. The molecule has 1 heterocycles. The van der Waals surface area contributed by atoms with Crippen LogP contribution in [0.3, 0.4) is 0 Å². The number of hydrogen-bond acceptors (Lipinski definition) is 5. The molecule has 1 saturated heterocycles. The van der Waals surface area contributed by atoms with Crippen LogP contribution < -0.4 is 0 Å². The van der Waals surface area contributed by atoms with Gasteiger partial charge in [0.1, 0.15) is 0 Å². The van der Waals surface area contributed by atoms with E-state index in [4.69, 9.17) is 14.2 Å². The first kappa shape index (κ1) is 29.6. The van der Waals surface area contributed by atoms with Gasteiger partial charge in [-0.1, -0.05) is 72.1 Å². The number of carbonyl (C=O) groups excluding carboxylic acids is 1. The van der Waals surface area contributed by atoms with Gasteiger partial charge in [-0.2, -0.15) is 0 Å². The van der Waals surface area contributed by atoms with E-state index < -0.39 is 0 Å². The van der Waals surface area contributed by atoms with Crippen molar-refractivity contribution in [2.45, 2.75) is 142 Å². The number of aliphatic hydroxyl groups is 1. The van der Waals surface area contributed by atoms with Crippen LogP contribution in [-0.2, 0) is 19.0 Å². The van der Waals surface area contributed by atoms with Crippen LogP contribution in [0.1, 0.15) is 130 Å². The SMILES string of the molecule is CCCCCCOC(=O)CCCCCC[C@@H]1[C@@H](CC[C@H](O)[C@@H](C)CCCC)CCC12OCCO2. The number of esters is 1. The van der Waals surface area contributed by atoms with E-state index in [2.05, 4.69) is 20.8 Å². The highest BCUT2D eigenvalue weighted by atomic mass is 16.7. The van der Waals surface area contributed by atoms with Gasteiger partial charge in [0, 0.05) is 18.8 Å². The summed E-state index contributed by atoms with van der Waals surface area (Å²) >= 11 is 0. The van der Waals surface area contributed by atoms with Crippen molar-refractivity contribution in [3.05, 3.63) is 0 Å². The molecule has 200 valence electrons. The number of unbranched alkanes of at least 4 members (excludes halogenated alkanes) is 7. The van der Waals surface area contributed by atoms with Crippen LogP contribution >= 0.6 is 0 Å². The molecule has 0 amide bonds. The van der Waals surface area contributed by atoms with E-state index >= 15 is 0 Å². The maximum Gasteiger partial charge on any atom is 0.305 e. The molecule has 5 nitrogen and oxygen atoms in total. The standard InChI is InChI=1S/C29H54O5/c1-4-6-8-13-21-32-28(31)16-12-10-9-11-15-26-25(19-20-29(26)33-22-23-34-29)17-18-27(30)24(3)14-7-5-2/h24-27,30H,4-23H2,1-3H3/t24-,25-,26+,27-/m0/s1. The Labute approximate surface area is 209 Å². The number of rotatable bonds is 19. The summed E-state index contributed by atoms with van der Waals surface area (Å²) in [6, 6.07) is 0. The van der Waals surface area contributed by atoms with Gasteiger partial charge in [0.15, 0.2) is 5.79 Å². The van der Waals surface area contributed by atoms with Gasteiger partial charge in [-0.05, 0) is 56.8 Å². The summed E-state index contributed by atoms with van der Waals surface area (Å²) in [5.74, 6) is 0.988. The minimum atomic E-state index is -0.370. The second-order valence-electron chi connectivity index (χ2n) is 10.9. The zero-order chi connectivity index (χ0) is 24.7. The zero-order valence-corrected chi connectivity index (χ0v) is 22.5. The summed E-state index contributed by atoms with van der Waals surface area (Å²) < 4.78 is 17.7. The molecule has 1 aliphatic carbocycles. The number of hydrogen-bond donors (Lipinski definition) is 1. The first-order chi connectivity index (χ1) is 16.5. The molecule has 1 saturated carbocycles. The molecule has 34 heavy (non-hydrogen) atoms. The fourth-order valence-electron chi connectivity index (χ4n) is 5.92. The molecule has 4 atom stereocenters. The van der Waals surface area contributed by atoms with Gasteiger partial charge in [0.2, 0.25) is 0 Å². The molecule has 0 aromatic carbocycles. The quantitative estimate of drug-likeness (QED) is 0.156. The monoisotopic (exact) mass is 482 g/mol. The number of aliphatic hydroxyl groups excluding tert-OH is 1. The van der Waals surface area contributed by atoms with Crippen LogP contribution in [0.5, 0.6) is 0 Å². The predicted molar refractivity (Wildman–Crippen MR) is 138 cm³/mol. The molecule has 1 spiro atoms. The van der Waals surface area contributed by atoms with Gasteiger partial charge in [-0.15, -0.1) is 0 Å². The molecular weight excluding hydrogens is 428 g/mol. The van der Waals surface area contributed by atoms with Gasteiger partial charge in [-0.25, -0.2) is 0 Å². The molecular formula is C29H54O5. The fraction of sp³-hybridized carbons (Fsp3) is 0.966. The second-order valence-corrected chi connectivity index (χ2v) is 10.9. The van der Waals surface area contributed by atoms with Crippen molar-refractivity contribution in [3.63, 3.8) is 0 Å². The van der Waals surface area contributed by atoms with Crippen molar-refractivity contribution in [1.82, 2.24) is 0 Å². The van der Waals surface area contributed by atoms with Crippen molar-refractivity contribution in [3.8, 4) is 0 Å². The Kier molecular flexibility index (Phi) is 14.7. The largest absolute Gasteiger partial charge is 0.466 e. The Bertz CT molecular complexity index is 531. The molecule has 5 heteroatoms. The molecule has 2 fully saturated rings. The minimum Gasteiger partial charge on any atom is -0.466 e. The molecule has 0 unspecified atom stereocenters.